The highest BCUT2D eigenvalue weighted by molar-refractivity contribution is 9.10. The number of ether oxygens (including phenoxy) is 2. The van der Waals surface area contributed by atoms with E-state index < -0.39 is 17.8 Å². The van der Waals surface area contributed by atoms with Crippen molar-refractivity contribution in [3.8, 4) is 11.5 Å². The fraction of sp³-hybridized carbons (Fsp3) is 0.111. The molecule has 0 spiro atoms. The van der Waals surface area contributed by atoms with Gasteiger partial charge < -0.3 is 14.8 Å². The van der Waals surface area contributed by atoms with Gasteiger partial charge in [-0.25, -0.2) is 9.69 Å². The summed E-state index contributed by atoms with van der Waals surface area (Å²) in [6.07, 6.45) is 1.32. The number of carbonyl (C=O) groups is 4. The maximum absolute atomic E-state index is 13.2. The lowest BCUT2D eigenvalue weighted by atomic mass is 10.1. The average molecular weight is 564 g/mol. The Morgan fingerprint density at radius 1 is 1.05 bits per heavy atom. The quantitative estimate of drug-likeness (QED) is 0.324. The monoisotopic (exact) mass is 563 g/mol. The zero-order valence-corrected chi connectivity index (χ0v) is 21.5. The van der Waals surface area contributed by atoms with Crippen molar-refractivity contribution in [3.05, 3.63) is 87.9 Å². The Labute approximate surface area is 221 Å². The van der Waals surface area contributed by atoms with E-state index in [0.717, 1.165) is 10.5 Å². The predicted octanol–water partition coefficient (Wildman–Crippen LogP) is 4.45. The Balaban J connectivity index is 1.58. The molecule has 3 aromatic rings. The maximum atomic E-state index is 13.2. The van der Waals surface area contributed by atoms with Crippen molar-refractivity contribution < 1.29 is 28.7 Å². The van der Waals surface area contributed by atoms with E-state index in [2.05, 4.69) is 26.6 Å². The summed E-state index contributed by atoms with van der Waals surface area (Å²) in [7, 11) is 1.50. The number of carbonyl (C=O) groups excluding carboxylic acids is 4. The molecule has 1 saturated heterocycles. The van der Waals surface area contributed by atoms with Gasteiger partial charge in [-0.3, -0.25) is 19.7 Å². The molecule has 0 unspecified atom stereocenters. The van der Waals surface area contributed by atoms with E-state index in [4.69, 9.17) is 9.47 Å². The Bertz CT molecular complexity index is 1420. The standard InChI is InChI=1S/C27H22BrN3O6/c1-16-5-3-4-6-22(16)29-24(32)15-37-23-12-7-18(28)13-17(23)14-21-25(33)30-27(35)31(26(21)34)19-8-10-20(36-2)11-9-19/h3-14H,15H2,1-2H3,(H,29,32)(H,30,33,35)/b21-14+. The summed E-state index contributed by atoms with van der Waals surface area (Å²) in [5.41, 5.74) is 1.92. The minimum Gasteiger partial charge on any atom is -0.497 e. The van der Waals surface area contributed by atoms with Crippen LogP contribution in [0.1, 0.15) is 11.1 Å². The number of rotatable bonds is 7. The second kappa shape index (κ2) is 11.1. The van der Waals surface area contributed by atoms with E-state index >= 15 is 0 Å². The lowest BCUT2D eigenvalue weighted by Gasteiger charge is -2.26. The smallest absolute Gasteiger partial charge is 0.335 e. The summed E-state index contributed by atoms with van der Waals surface area (Å²) in [6, 6.07) is 17.7. The van der Waals surface area contributed by atoms with E-state index in [-0.39, 0.29) is 29.5 Å². The normalized spacial score (nSPS) is 14.4. The van der Waals surface area contributed by atoms with Gasteiger partial charge in [0.2, 0.25) is 0 Å². The van der Waals surface area contributed by atoms with E-state index in [1.54, 1.807) is 36.4 Å². The number of hydrogen-bond donors (Lipinski definition) is 2. The van der Waals surface area contributed by atoms with Gasteiger partial charge in [-0.15, -0.1) is 0 Å². The first-order valence-corrected chi connectivity index (χ1v) is 11.9. The molecule has 2 N–H and O–H groups in total. The van der Waals surface area contributed by atoms with Gasteiger partial charge in [-0.1, -0.05) is 34.1 Å². The number of nitrogens with zero attached hydrogens (tertiary/aromatic N) is 1. The van der Waals surface area contributed by atoms with Crippen LogP contribution in [0.5, 0.6) is 11.5 Å². The molecular weight excluding hydrogens is 542 g/mol. The van der Waals surface area contributed by atoms with Crippen LogP contribution in [0.15, 0.2) is 76.8 Å². The molecule has 4 rings (SSSR count). The molecule has 1 fully saturated rings. The van der Waals surface area contributed by atoms with E-state index in [9.17, 15) is 19.2 Å². The largest absolute Gasteiger partial charge is 0.497 e. The van der Waals surface area contributed by atoms with Crippen molar-refractivity contribution >= 4 is 57.1 Å². The molecule has 0 aromatic heterocycles. The Hall–Kier alpha value is -4.44. The zero-order chi connectivity index (χ0) is 26.5. The van der Waals surface area contributed by atoms with Gasteiger partial charge in [-0.05, 0) is 67.1 Å². The molecule has 0 radical (unpaired) electrons. The van der Waals surface area contributed by atoms with Gasteiger partial charge >= 0.3 is 6.03 Å². The third-order valence-corrected chi connectivity index (χ3v) is 5.98. The number of para-hydroxylation sites is 1. The molecule has 37 heavy (non-hydrogen) atoms. The third-order valence-electron chi connectivity index (χ3n) is 5.48. The minimum absolute atomic E-state index is 0.264. The number of nitrogens with one attached hydrogen (secondary N) is 2. The van der Waals surface area contributed by atoms with Gasteiger partial charge in [0.1, 0.15) is 17.1 Å². The Morgan fingerprint density at radius 2 is 1.78 bits per heavy atom. The highest BCUT2D eigenvalue weighted by Gasteiger charge is 2.37. The first-order chi connectivity index (χ1) is 17.8. The van der Waals surface area contributed by atoms with Crippen molar-refractivity contribution in [1.82, 2.24) is 5.32 Å². The summed E-state index contributed by atoms with van der Waals surface area (Å²) in [5.74, 6) is -1.21. The first-order valence-electron chi connectivity index (χ1n) is 11.1. The highest BCUT2D eigenvalue weighted by atomic mass is 79.9. The fourth-order valence-corrected chi connectivity index (χ4v) is 3.96. The highest BCUT2D eigenvalue weighted by Crippen LogP contribution is 2.29. The van der Waals surface area contributed by atoms with Crippen LogP contribution in [0.2, 0.25) is 0 Å². The van der Waals surface area contributed by atoms with Crippen LogP contribution in [-0.4, -0.2) is 37.5 Å². The van der Waals surface area contributed by atoms with Crippen LogP contribution in [0, 0.1) is 6.92 Å². The minimum atomic E-state index is -0.865. The van der Waals surface area contributed by atoms with Crippen molar-refractivity contribution in [1.29, 1.82) is 0 Å². The van der Waals surface area contributed by atoms with Gasteiger partial charge in [0.05, 0.1) is 12.8 Å². The van der Waals surface area contributed by atoms with Crippen LogP contribution in [0.25, 0.3) is 6.08 Å². The summed E-state index contributed by atoms with van der Waals surface area (Å²) in [4.78, 5) is 51.6. The topological polar surface area (TPSA) is 114 Å². The summed E-state index contributed by atoms with van der Waals surface area (Å²) >= 11 is 3.37. The Morgan fingerprint density at radius 3 is 2.49 bits per heavy atom. The fourth-order valence-electron chi connectivity index (χ4n) is 3.59. The molecular formula is C27H22BrN3O6. The van der Waals surface area contributed by atoms with Crippen LogP contribution >= 0.6 is 15.9 Å². The van der Waals surface area contributed by atoms with Crippen molar-refractivity contribution in [2.45, 2.75) is 6.92 Å². The Kier molecular flexibility index (Phi) is 7.69. The van der Waals surface area contributed by atoms with Gasteiger partial charge in [0.15, 0.2) is 6.61 Å². The lowest BCUT2D eigenvalue weighted by molar-refractivity contribution is -0.122. The summed E-state index contributed by atoms with van der Waals surface area (Å²) in [5, 5.41) is 4.97. The van der Waals surface area contributed by atoms with Crippen LogP contribution in [0.3, 0.4) is 0 Å². The van der Waals surface area contributed by atoms with Crippen molar-refractivity contribution in [2.24, 2.45) is 0 Å². The number of barbiturate groups is 1. The second-order valence-corrected chi connectivity index (χ2v) is 8.91. The van der Waals surface area contributed by atoms with Gasteiger partial charge in [0, 0.05) is 15.7 Å². The molecule has 3 aromatic carbocycles. The van der Waals surface area contributed by atoms with Crippen LogP contribution in [-0.2, 0) is 14.4 Å². The van der Waals surface area contributed by atoms with Crippen molar-refractivity contribution in [2.75, 3.05) is 23.9 Å². The van der Waals surface area contributed by atoms with E-state index in [0.29, 0.717) is 21.5 Å². The number of hydrogen-bond acceptors (Lipinski definition) is 6. The zero-order valence-electron chi connectivity index (χ0n) is 19.9. The predicted molar refractivity (Wildman–Crippen MR) is 141 cm³/mol. The van der Waals surface area contributed by atoms with Crippen LogP contribution < -0.4 is 25.0 Å². The van der Waals surface area contributed by atoms with E-state index in [1.165, 1.54) is 25.3 Å². The molecule has 0 bridgehead atoms. The van der Waals surface area contributed by atoms with E-state index in [1.807, 2.05) is 25.1 Å². The average Bonchev–Trinajstić information content (AvgIpc) is 2.87. The van der Waals surface area contributed by atoms with Gasteiger partial charge in [0.25, 0.3) is 17.7 Å². The number of urea groups is 1. The molecule has 1 aliphatic heterocycles. The number of imide groups is 2. The molecule has 9 nitrogen and oxygen atoms in total. The number of methoxy groups -OCH3 is 1. The van der Waals surface area contributed by atoms with Gasteiger partial charge in [-0.2, -0.15) is 0 Å². The first kappa shape index (κ1) is 25.6. The molecule has 5 amide bonds. The lowest BCUT2D eigenvalue weighted by Crippen LogP contribution is -2.54. The maximum Gasteiger partial charge on any atom is 0.335 e. The number of anilines is 2. The SMILES string of the molecule is COc1ccc(N2C(=O)NC(=O)/C(=C\c3cc(Br)ccc3OCC(=O)Nc3ccccc3C)C2=O)cc1. The number of halogens is 1. The number of amides is 5. The molecule has 0 atom stereocenters. The molecule has 1 heterocycles. The van der Waals surface area contributed by atoms with Crippen LogP contribution in [0.4, 0.5) is 16.2 Å². The number of benzene rings is 3. The summed E-state index contributed by atoms with van der Waals surface area (Å²) < 4.78 is 11.5. The van der Waals surface area contributed by atoms with Crippen molar-refractivity contribution in [3.63, 3.8) is 0 Å². The molecule has 188 valence electrons. The second-order valence-electron chi connectivity index (χ2n) is 7.99. The molecule has 0 aliphatic carbocycles. The molecule has 1 aliphatic rings. The number of aryl methyl sites for hydroxylation is 1. The molecule has 10 heteroatoms. The summed E-state index contributed by atoms with van der Waals surface area (Å²) in [6.45, 7) is 1.57. The molecule has 0 saturated carbocycles. The third kappa shape index (κ3) is 5.87.